The summed E-state index contributed by atoms with van der Waals surface area (Å²) in [6.45, 7) is 0.374. The van der Waals surface area contributed by atoms with E-state index < -0.39 is 0 Å². The van der Waals surface area contributed by atoms with Gasteiger partial charge in [-0.1, -0.05) is 31.0 Å². The Balaban J connectivity index is 1.42. The summed E-state index contributed by atoms with van der Waals surface area (Å²) in [6.07, 6.45) is 8.37. The lowest BCUT2D eigenvalue weighted by molar-refractivity contribution is -0.123. The van der Waals surface area contributed by atoms with Gasteiger partial charge < -0.3 is 10.1 Å². The lowest BCUT2D eigenvalue weighted by atomic mass is 10.1. The predicted molar refractivity (Wildman–Crippen MR) is 107 cm³/mol. The molecule has 0 spiro atoms. The van der Waals surface area contributed by atoms with Crippen LogP contribution >= 0.6 is 0 Å². The van der Waals surface area contributed by atoms with Crippen molar-refractivity contribution in [3.05, 3.63) is 66.6 Å². The maximum atomic E-state index is 12.1. The van der Waals surface area contributed by atoms with E-state index in [2.05, 4.69) is 21.0 Å². The number of nitrogens with one attached hydrogen (secondary N) is 1. The van der Waals surface area contributed by atoms with Crippen LogP contribution in [0.4, 0.5) is 0 Å². The van der Waals surface area contributed by atoms with Crippen LogP contribution in [0.25, 0.3) is 11.3 Å². The number of nitrogens with zero attached hydrogens (tertiary/aromatic N) is 3. The second-order valence-electron chi connectivity index (χ2n) is 7.02. The van der Waals surface area contributed by atoms with Gasteiger partial charge in [0.1, 0.15) is 5.75 Å². The van der Waals surface area contributed by atoms with Gasteiger partial charge in [-0.05, 0) is 43.2 Å². The molecule has 1 fully saturated rings. The Hall–Kier alpha value is -3.15. The zero-order valence-corrected chi connectivity index (χ0v) is 15.8. The van der Waals surface area contributed by atoms with Gasteiger partial charge >= 0.3 is 0 Å². The molecule has 0 aliphatic heterocycles. The molecule has 1 N–H and O–H groups in total. The first kappa shape index (κ1) is 18.2. The minimum absolute atomic E-state index is 0.00937. The Labute approximate surface area is 164 Å². The van der Waals surface area contributed by atoms with Gasteiger partial charge in [-0.15, -0.1) is 0 Å². The molecule has 1 aromatic carbocycles. The second kappa shape index (κ2) is 8.69. The SMILES string of the molecule is O=C(COc1ccccc1)NCc1cc(-c2ccncc2)n(C2CCCC2)n1. The number of carbonyl (C=O) groups excluding carboxylic acids is 1. The Bertz CT molecular complexity index is 903. The summed E-state index contributed by atoms with van der Waals surface area (Å²) in [5.74, 6) is 0.521. The number of rotatable bonds is 7. The predicted octanol–water partition coefficient (Wildman–Crippen LogP) is 3.76. The Morgan fingerprint density at radius 2 is 1.86 bits per heavy atom. The molecule has 3 aromatic rings. The lowest BCUT2D eigenvalue weighted by Gasteiger charge is -2.14. The highest BCUT2D eigenvalue weighted by Gasteiger charge is 2.22. The van der Waals surface area contributed by atoms with Gasteiger partial charge in [0.15, 0.2) is 6.61 Å². The fraction of sp³-hybridized carbons (Fsp3) is 0.318. The molecule has 0 unspecified atom stereocenters. The Morgan fingerprint density at radius 1 is 1.11 bits per heavy atom. The van der Waals surface area contributed by atoms with Gasteiger partial charge in [0.25, 0.3) is 5.91 Å². The van der Waals surface area contributed by atoms with Crippen molar-refractivity contribution in [2.24, 2.45) is 0 Å². The van der Waals surface area contributed by atoms with Crippen LogP contribution in [-0.2, 0) is 11.3 Å². The first-order valence-electron chi connectivity index (χ1n) is 9.73. The highest BCUT2D eigenvalue weighted by atomic mass is 16.5. The number of aromatic nitrogens is 3. The molecule has 0 bridgehead atoms. The number of ether oxygens (including phenoxy) is 1. The van der Waals surface area contributed by atoms with Gasteiger partial charge in [-0.25, -0.2) is 0 Å². The van der Waals surface area contributed by atoms with Crippen LogP contribution in [0, 0.1) is 0 Å². The van der Waals surface area contributed by atoms with E-state index in [1.54, 1.807) is 12.4 Å². The molecule has 2 heterocycles. The number of carbonyl (C=O) groups is 1. The van der Waals surface area contributed by atoms with Gasteiger partial charge in [0.05, 0.1) is 24.0 Å². The van der Waals surface area contributed by atoms with E-state index in [0.717, 1.165) is 29.8 Å². The molecule has 1 saturated carbocycles. The molecular formula is C22H24N4O2. The summed E-state index contributed by atoms with van der Waals surface area (Å²) in [5, 5.41) is 7.70. The van der Waals surface area contributed by atoms with E-state index in [0.29, 0.717) is 18.3 Å². The summed E-state index contributed by atoms with van der Waals surface area (Å²) < 4.78 is 7.62. The average Bonchev–Trinajstić information content (AvgIpc) is 3.42. The summed E-state index contributed by atoms with van der Waals surface area (Å²) in [5.41, 5.74) is 3.03. The molecule has 0 atom stereocenters. The molecule has 6 nitrogen and oxygen atoms in total. The molecule has 1 aliphatic rings. The van der Waals surface area contributed by atoms with Crippen LogP contribution in [0.5, 0.6) is 5.75 Å². The van der Waals surface area contributed by atoms with Gasteiger partial charge in [-0.3, -0.25) is 14.5 Å². The zero-order chi connectivity index (χ0) is 19.2. The third-order valence-electron chi connectivity index (χ3n) is 5.01. The molecule has 144 valence electrons. The largest absolute Gasteiger partial charge is 0.484 e. The van der Waals surface area contributed by atoms with Crippen molar-refractivity contribution in [1.29, 1.82) is 0 Å². The molecule has 2 aromatic heterocycles. The van der Waals surface area contributed by atoms with Crippen molar-refractivity contribution in [2.45, 2.75) is 38.3 Å². The first-order valence-corrected chi connectivity index (χ1v) is 9.73. The van der Waals surface area contributed by atoms with E-state index in [1.807, 2.05) is 42.5 Å². The molecule has 4 rings (SSSR count). The highest BCUT2D eigenvalue weighted by Crippen LogP contribution is 2.33. The van der Waals surface area contributed by atoms with E-state index in [-0.39, 0.29) is 12.5 Å². The normalized spacial score (nSPS) is 14.1. The minimum Gasteiger partial charge on any atom is -0.484 e. The second-order valence-corrected chi connectivity index (χ2v) is 7.02. The molecule has 0 saturated heterocycles. The lowest BCUT2D eigenvalue weighted by Crippen LogP contribution is -2.28. The van der Waals surface area contributed by atoms with Crippen molar-refractivity contribution in [3.8, 4) is 17.0 Å². The van der Waals surface area contributed by atoms with Crippen molar-refractivity contribution in [3.63, 3.8) is 0 Å². The maximum Gasteiger partial charge on any atom is 0.258 e. The van der Waals surface area contributed by atoms with Gasteiger partial charge in [-0.2, -0.15) is 5.10 Å². The van der Waals surface area contributed by atoms with Crippen LogP contribution in [0.15, 0.2) is 60.9 Å². The summed E-state index contributed by atoms with van der Waals surface area (Å²) in [6, 6.07) is 15.8. The van der Waals surface area contributed by atoms with Crippen molar-refractivity contribution >= 4 is 5.91 Å². The number of hydrogen-bond donors (Lipinski definition) is 1. The van der Waals surface area contributed by atoms with Crippen LogP contribution < -0.4 is 10.1 Å². The molecule has 1 aliphatic carbocycles. The monoisotopic (exact) mass is 376 g/mol. The smallest absolute Gasteiger partial charge is 0.258 e. The van der Waals surface area contributed by atoms with E-state index in [4.69, 9.17) is 9.84 Å². The fourth-order valence-electron chi connectivity index (χ4n) is 3.60. The van der Waals surface area contributed by atoms with Crippen LogP contribution in [0.3, 0.4) is 0 Å². The third kappa shape index (κ3) is 4.39. The summed E-state index contributed by atoms with van der Waals surface area (Å²) >= 11 is 0. The standard InChI is InChI=1S/C22H24N4O2/c27-22(16-28-20-8-2-1-3-9-20)24-15-18-14-21(17-10-12-23-13-11-17)26(25-18)19-6-4-5-7-19/h1-3,8-14,19H,4-7,15-16H2,(H,24,27). The number of benzene rings is 1. The van der Waals surface area contributed by atoms with Crippen LogP contribution in [0.1, 0.15) is 37.4 Å². The van der Waals surface area contributed by atoms with E-state index >= 15 is 0 Å². The van der Waals surface area contributed by atoms with Crippen molar-refractivity contribution < 1.29 is 9.53 Å². The third-order valence-corrected chi connectivity index (χ3v) is 5.01. The Morgan fingerprint density at radius 3 is 2.61 bits per heavy atom. The van der Waals surface area contributed by atoms with Crippen molar-refractivity contribution in [1.82, 2.24) is 20.1 Å². The molecule has 1 amide bonds. The average molecular weight is 376 g/mol. The molecule has 6 heteroatoms. The first-order chi connectivity index (χ1) is 13.8. The highest BCUT2D eigenvalue weighted by molar-refractivity contribution is 5.77. The number of hydrogen-bond acceptors (Lipinski definition) is 4. The minimum atomic E-state index is -0.162. The molecule has 28 heavy (non-hydrogen) atoms. The van der Waals surface area contributed by atoms with Crippen LogP contribution in [0.2, 0.25) is 0 Å². The fourth-order valence-corrected chi connectivity index (χ4v) is 3.60. The molecular weight excluding hydrogens is 352 g/mol. The summed E-state index contributed by atoms with van der Waals surface area (Å²) in [7, 11) is 0. The number of para-hydroxylation sites is 1. The number of amides is 1. The maximum absolute atomic E-state index is 12.1. The van der Waals surface area contributed by atoms with Gasteiger partial charge in [0.2, 0.25) is 0 Å². The molecule has 0 radical (unpaired) electrons. The van der Waals surface area contributed by atoms with E-state index in [1.165, 1.54) is 12.8 Å². The van der Waals surface area contributed by atoms with E-state index in [9.17, 15) is 4.79 Å². The topological polar surface area (TPSA) is 69.0 Å². The quantitative estimate of drug-likeness (QED) is 0.682. The number of pyridine rings is 1. The van der Waals surface area contributed by atoms with Crippen LogP contribution in [-0.4, -0.2) is 27.3 Å². The Kier molecular flexibility index (Phi) is 5.66. The van der Waals surface area contributed by atoms with Crippen molar-refractivity contribution in [2.75, 3.05) is 6.61 Å². The van der Waals surface area contributed by atoms with Gasteiger partial charge in [0, 0.05) is 18.0 Å². The zero-order valence-electron chi connectivity index (χ0n) is 15.8. The summed E-state index contributed by atoms with van der Waals surface area (Å²) in [4.78, 5) is 16.2.